The molecule has 352 valence electrons. The molecule has 0 radical (unpaired) electrons. The van der Waals surface area contributed by atoms with Crippen molar-refractivity contribution >= 4 is 47.8 Å². The van der Waals surface area contributed by atoms with E-state index in [1.54, 1.807) is 6.92 Å². The smallest absolute Gasteiger partial charge is 0.374 e. The first-order valence-electron chi connectivity index (χ1n) is 20.9. The Morgan fingerprint density at radius 2 is 1.44 bits per heavy atom. The molecule has 1 N–H and O–H groups in total. The van der Waals surface area contributed by atoms with E-state index in [1.165, 1.54) is 62.6 Å². The lowest BCUT2D eigenvalue weighted by molar-refractivity contribution is -0.385. The Hall–Kier alpha value is -6.74. The van der Waals surface area contributed by atoms with Crippen molar-refractivity contribution in [2.45, 2.75) is 115 Å². The third-order valence-corrected chi connectivity index (χ3v) is 12.9. The highest BCUT2D eigenvalue weighted by molar-refractivity contribution is 5.91. The maximum atomic E-state index is 14.6. The molecule has 21 nitrogen and oxygen atoms in total. The molecular formula is C45H48N2O19. The first-order chi connectivity index (χ1) is 31.1. The number of rotatable bonds is 9. The minimum absolute atomic E-state index is 0.0771. The average Bonchev–Trinajstić information content (AvgIpc) is 3.88. The van der Waals surface area contributed by atoms with Crippen LogP contribution in [-0.4, -0.2) is 129 Å². The van der Waals surface area contributed by atoms with E-state index in [0.717, 1.165) is 47.1 Å². The second-order valence-corrected chi connectivity index (χ2v) is 17.1. The minimum atomic E-state index is -2.94. The predicted molar refractivity (Wildman–Crippen MR) is 215 cm³/mol. The van der Waals surface area contributed by atoms with E-state index in [2.05, 4.69) is 9.97 Å². The molecule has 2 saturated carbocycles. The second kappa shape index (κ2) is 17.6. The highest BCUT2D eigenvalue weighted by Crippen LogP contribution is 2.70. The average molecular weight is 921 g/mol. The zero-order valence-electron chi connectivity index (χ0n) is 37.1. The fraction of sp³-hybridized carbons (Fsp3) is 0.511. The van der Waals surface area contributed by atoms with Gasteiger partial charge < -0.3 is 52.2 Å². The number of aliphatic hydroxyl groups is 1. The van der Waals surface area contributed by atoms with Gasteiger partial charge in [-0.1, -0.05) is 13.8 Å². The first-order valence-corrected chi connectivity index (χ1v) is 20.9. The first kappa shape index (κ1) is 47.2. The van der Waals surface area contributed by atoms with E-state index in [9.17, 15) is 43.5 Å². The van der Waals surface area contributed by atoms with Gasteiger partial charge in [-0.15, -0.1) is 0 Å². The molecule has 7 rings (SSSR count). The Morgan fingerprint density at radius 3 is 2.05 bits per heavy atom. The van der Waals surface area contributed by atoms with Gasteiger partial charge in [0.05, 0.1) is 34.9 Å². The number of carbonyl (C=O) groups is 8. The maximum absolute atomic E-state index is 14.6. The normalized spacial score (nSPS) is 34.5. The molecule has 21 heteroatoms. The molecule has 4 bridgehead atoms. The SMILES string of the molecule is CC(=O)OC[C@]12[C@H](OC(C)=O)C(OC(=O)c3cccnc3)[C@H]3C(OC(=O)c4ccco4)[C@@]14O[C@@]3(C)COC(=O)c1cccnc1[C@@H](C)[C@H](C)C(=O)O[C@@H]([C@H](OC(C)=O)[C@@H]2OC(C)=O)[C@]4(C)O. The summed E-state index contributed by atoms with van der Waals surface area (Å²) in [7, 11) is 0. The molecule has 1 spiro atoms. The number of nitrogens with zero attached hydrogens (tertiary/aromatic N) is 2. The molecule has 0 aromatic carbocycles. The standard InChI is InChI=1S/C45H48N2O19/c1-21-22(2)38(52)65-35-33(60-24(4)49)37(62-26(6)51)44(20-58-23(3)48)36(61-25(5)50)32(63-39(53)27-12-9-15-46-18-27)30-34(64-41(55)29-14-11-17-57-29)45(44,43(35,8)56)66-42(30,7)19-59-40(54)28-13-10-16-47-31(21)28/h9-18,21-22,30,32-37,56H,19-20H2,1-8H3/t21-,22-,30-,32?,33-,34?,35-,36+,37-,42-,43-,44+,45-/m0/s1. The predicted octanol–water partition coefficient (Wildman–Crippen LogP) is 2.61. The lowest BCUT2D eigenvalue weighted by atomic mass is 9.45. The number of aromatic nitrogens is 2. The summed E-state index contributed by atoms with van der Waals surface area (Å²) in [4.78, 5) is 120. The van der Waals surface area contributed by atoms with Gasteiger partial charge in [-0.3, -0.25) is 33.9 Å². The van der Waals surface area contributed by atoms with E-state index in [1.807, 2.05) is 0 Å². The molecule has 1 saturated heterocycles. The fourth-order valence-electron chi connectivity index (χ4n) is 10.1. The van der Waals surface area contributed by atoms with Gasteiger partial charge in [0, 0.05) is 52.2 Å². The van der Waals surface area contributed by atoms with E-state index in [4.69, 9.17) is 47.0 Å². The van der Waals surface area contributed by atoms with Gasteiger partial charge in [-0.25, -0.2) is 14.4 Å². The van der Waals surface area contributed by atoms with Crippen LogP contribution in [0.1, 0.15) is 98.3 Å². The van der Waals surface area contributed by atoms with Crippen LogP contribution in [0.25, 0.3) is 0 Å². The number of hydrogen-bond donors (Lipinski definition) is 1. The summed E-state index contributed by atoms with van der Waals surface area (Å²) < 4.78 is 61.4. The summed E-state index contributed by atoms with van der Waals surface area (Å²) in [6.45, 7) is 7.37. The lowest BCUT2D eigenvalue weighted by Gasteiger charge is -2.67. The number of hydrogen-bond acceptors (Lipinski definition) is 21. The van der Waals surface area contributed by atoms with Crippen molar-refractivity contribution in [2.75, 3.05) is 13.2 Å². The summed E-state index contributed by atoms with van der Waals surface area (Å²) in [5.74, 6) is -12.9. The van der Waals surface area contributed by atoms with Gasteiger partial charge in [0.2, 0.25) is 5.76 Å². The Kier molecular flexibility index (Phi) is 12.6. The van der Waals surface area contributed by atoms with Crippen molar-refractivity contribution in [1.82, 2.24) is 9.97 Å². The van der Waals surface area contributed by atoms with Crippen molar-refractivity contribution in [3.05, 3.63) is 83.8 Å². The van der Waals surface area contributed by atoms with Crippen molar-refractivity contribution in [1.29, 1.82) is 0 Å². The van der Waals surface area contributed by atoms with E-state index in [0.29, 0.717) is 0 Å². The Morgan fingerprint density at radius 1 is 0.773 bits per heavy atom. The van der Waals surface area contributed by atoms with Crippen LogP contribution in [0.15, 0.2) is 65.7 Å². The van der Waals surface area contributed by atoms with Crippen LogP contribution in [0.3, 0.4) is 0 Å². The van der Waals surface area contributed by atoms with E-state index in [-0.39, 0.29) is 16.8 Å². The molecular weight excluding hydrogens is 872 g/mol. The van der Waals surface area contributed by atoms with E-state index >= 15 is 0 Å². The van der Waals surface area contributed by atoms with Crippen LogP contribution >= 0.6 is 0 Å². The number of carbonyl (C=O) groups excluding carboxylic acids is 8. The zero-order chi connectivity index (χ0) is 48.1. The van der Waals surface area contributed by atoms with Gasteiger partial charge in [0.1, 0.15) is 42.0 Å². The summed E-state index contributed by atoms with van der Waals surface area (Å²) >= 11 is 0. The van der Waals surface area contributed by atoms with Crippen LogP contribution in [0, 0.1) is 17.3 Å². The molecule has 0 amide bonds. The minimum Gasteiger partial charge on any atom is -0.465 e. The molecule has 13 atom stereocenters. The third kappa shape index (κ3) is 7.72. The van der Waals surface area contributed by atoms with Crippen molar-refractivity contribution < 1.29 is 90.5 Å². The van der Waals surface area contributed by atoms with Gasteiger partial charge in [0.15, 0.2) is 30.0 Å². The molecule has 66 heavy (non-hydrogen) atoms. The largest absolute Gasteiger partial charge is 0.465 e. The van der Waals surface area contributed by atoms with Gasteiger partial charge >= 0.3 is 47.8 Å². The van der Waals surface area contributed by atoms with Crippen molar-refractivity contribution in [3.63, 3.8) is 0 Å². The summed E-state index contributed by atoms with van der Waals surface area (Å²) in [6, 6.07) is 8.25. The molecule has 3 aromatic rings. The molecule has 2 aliphatic carbocycles. The third-order valence-electron chi connectivity index (χ3n) is 12.9. The van der Waals surface area contributed by atoms with Gasteiger partial charge in [-0.05, 0) is 50.2 Å². The number of furan rings is 1. The van der Waals surface area contributed by atoms with Crippen molar-refractivity contribution in [3.8, 4) is 0 Å². The highest BCUT2D eigenvalue weighted by atomic mass is 16.7. The number of fused-ring (bicyclic) bond motifs is 5. The highest BCUT2D eigenvalue weighted by Gasteiger charge is 2.92. The maximum Gasteiger partial charge on any atom is 0.374 e. The number of pyridine rings is 2. The zero-order valence-corrected chi connectivity index (χ0v) is 37.1. The molecule has 3 aromatic heterocycles. The second-order valence-electron chi connectivity index (χ2n) is 17.1. The Balaban J connectivity index is 1.65. The number of esters is 8. The van der Waals surface area contributed by atoms with Crippen molar-refractivity contribution in [2.24, 2.45) is 17.3 Å². The van der Waals surface area contributed by atoms with Crippen LogP contribution in [0.4, 0.5) is 0 Å². The molecule has 4 aliphatic rings. The van der Waals surface area contributed by atoms with Crippen LogP contribution < -0.4 is 0 Å². The number of ether oxygens (including phenoxy) is 9. The topological polar surface area (TPSA) is 279 Å². The molecule has 3 fully saturated rings. The molecule has 2 aliphatic heterocycles. The number of cyclic esters (lactones) is 1. The molecule has 5 heterocycles. The van der Waals surface area contributed by atoms with Crippen LogP contribution in [0.2, 0.25) is 0 Å². The Bertz CT molecular complexity index is 2420. The van der Waals surface area contributed by atoms with Crippen LogP contribution in [0.5, 0.6) is 0 Å². The lowest BCUT2D eigenvalue weighted by Crippen LogP contribution is -2.89. The summed E-state index contributed by atoms with van der Waals surface area (Å²) in [6.07, 6.45) is -7.63. The molecule has 2 unspecified atom stereocenters. The monoisotopic (exact) mass is 920 g/mol. The summed E-state index contributed by atoms with van der Waals surface area (Å²) in [5, 5.41) is 13.8. The quantitative estimate of drug-likeness (QED) is 0.238. The van der Waals surface area contributed by atoms with E-state index < -0.39 is 143 Å². The van der Waals surface area contributed by atoms with Crippen LogP contribution in [-0.2, 0) is 66.6 Å². The van der Waals surface area contributed by atoms with Gasteiger partial charge in [0.25, 0.3) is 0 Å². The summed E-state index contributed by atoms with van der Waals surface area (Å²) in [5.41, 5.74) is -10.9. The van der Waals surface area contributed by atoms with Gasteiger partial charge in [-0.2, -0.15) is 0 Å². The Labute approximate surface area is 376 Å². The fourth-order valence-corrected chi connectivity index (χ4v) is 10.1.